The number of Topliss-reactive ketones (excluding diaryl/α,β-unsaturated/α-hetero) is 1. The van der Waals surface area contributed by atoms with Gasteiger partial charge >= 0.3 is 0 Å². The van der Waals surface area contributed by atoms with Crippen molar-refractivity contribution in [1.29, 1.82) is 0 Å². The van der Waals surface area contributed by atoms with E-state index < -0.39 is 5.60 Å². The third-order valence-electron chi connectivity index (χ3n) is 9.83. The molecular weight excluding hydrogens is 400 g/mol. The van der Waals surface area contributed by atoms with E-state index in [0.717, 1.165) is 37.0 Å². The van der Waals surface area contributed by atoms with Gasteiger partial charge in [0.2, 0.25) is 0 Å². The van der Waals surface area contributed by atoms with E-state index in [-0.39, 0.29) is 18.8 Å². The number of hydrogen-bond donors (Lipinski definition) is 1. The van der Waals surface area contributed by atoms with Crippen LogP contribution in [0.15, 0.2) is 0 Å². The van der Waals surface area contributed by atoms with Crippen LogP contribution in [0.5, 0.6) is 0 Å². The molecule has 156 valence electrons. The second kappa shape index (κ2) is 7.42. The molecule has 3 heteroatoms. The summed E-state index contributed by atoms with van der Waals surface area (Å²) in [7, 11) is 0. The maximum atomic E-state index is 12.6. The van der Waals surface area contributed by atoms with Crippen molar-refractivity contribution in [2.45, 2.75) is 98.0 Å². The SMILES string of the molecule is C.CC[C@]12CC[C@@](C)(O)C[C@@H]1CC[C@H]1[C@@H]3CC[C@H](C(=O)CBr)[C@@]3(C)CC[C@@H]12. The fourth-order valence-electron chi connectivity index (χ4n) is 8.57. The minimum atomic E-state index is -0.444. The maximum Gasteiger partial charge on any atom is 0.147 e. The summed E-state index contributed by atoms with van der Waals surface area (Å²) in [6, 6.07) is 0. The molecule has 0 aromatic heterocycles. The molecule has 4 saturated carbocycles. The summed E-state index contributed by atoms with van der Waals surface area (Å²) in [4.78, 5) is 12.6. The van der Waals surface area contributed by atoms with Crippen LogP contribution in [-0.4, -0.2) is 21.8 Å². The van der Waals surface area contributed by atoms with Crippen molar-refractivity contribution in [1.82, 2.24) is 0 Å². The molecule has 0 amide bonds. The van der Waals surface area contributed by atoms with Crippen LogP contribution in [0.1, 0.15) is 92.4 Å². The van der Waals surface area contributed by atoms with Crippen molar-refractivity contribution in [2.75, 3.05) is 5.33 Å². The standard InChI is InChI=1S/C23H37BrO2.CH4/c1-4-23-12-11-21(2,26)13-15(23)5-6-16-17-7-8-19(20(25)14-24)22(17,3)10-9-18(16)23;/h15-19,26H,4-14H2,1-3H3;1H4/t15-,16-,17-,18-,19+,21+,22-,23-;/m0./s1. The Morgan fingerprint density at radius 2 is 1.78 bits per heavy atom. The number of aliphatic hydroxyl groups is 1. The Morgan fingerprint density at radius 3 is 2.44 bits per heavy atom. The molecule has 0 aromatic rings. The Labute approximate surface area is 175 Å². The molecule has 0 heterocycles. The second-order valence-corrected chi connectivity index (χ2v) is 11.3. The molecule has 0 radical (unpaired) electrons. The predicted molar refractivity (Wildman–Crippen MR) is 116 cm³/mol. The van der Waals surface area contributed by atoms with Gasteiger partial charge in [0, 0.05) is 5.92 Å². The Morgan fingerprint density at radius 1 is 1.04 bits per heavy atom. The average molecular weight is 441 g/mol. The van der Waals surface area contributed by atoms with Crippen LogP contribution < -0.4 is 0 Å². The second-order valence-electron chi connectivity index (χ2n) is 10.7. The molecule has 2 nitrogen and oxygen atoms in total. The summed E-state index contributed by atoms with van der Waals surface area (Å²) in [6.07, 6.45) is 12.1. The lowest BCUT2D eigenvalue weighted by Crippen LogP contribution is -2.56. The number of hydrogen-bond acceptors (Lipinski definition) is 2. The lowest BCUT2D eigenvalue weighted by molar-refractivity contribution is -0.158. The number of alkyl halides is 1. The molecule has 4 aliphatic carbocycles. The highest BCUT2D eigenvalue weighted by Crippen LogP contribution is 2.68. The molecule has 4 fully saturated rings. The summed E-state index contributed by atoms with van der Waals surface area (Å²) >= 11 is 3.44. The van der Waals surface area contributed by atoms with Gasteiger partial charge in [0.05, 0.1) is 10.9 Å². The fourth-order valence-corrected chi connectivity index (χ4v) is 8.96. The van der Waals surface area contributed by atoms with Crippen LogP contribution >= 0.6 is 15.9 Å². The Balaban J connectivity index is 0.00000210. The number of carbonyl (C=O) groups is 1. The zero-order valence-corrected chi connectivity index (χ0v) is 18.5. The summed E-state index contributed by atoms with van der Waals surface area (Å²) in [5.41, 5.74) is 0.262. The molecule has 0 aromatic carbocycles. The normalized spacial score (nSPS) is 51.5. The summed E-state index contributed by atoms with van der Waals surface area (Å²) in [5, 5.41) is 11.2. The monoisotopic (exact) mass is 440 g/mol. The van der Waals surface area contributed by atoms with Crippen molar-refractivity contribution in [3.8, 4) is 0 Å². The van der Waals surface area contributed by atoms with Gasteiger partial charge in [-0.3, -0.25) is 4.79 Å². The highest BCUT2D eigenvalue weighted by atomic mass is 79.9. The largest absolute Gasteiger partial charge is 0.390 e. The highest BCUT2D eigenvalue weighted by Gasteiger charge is 2.62. The third kappa shape index (κ3) is 3.18. The van der Waals surface area contributed by atoms with Crippen LogP contribution in [0.3, 0.4) is 0 Å². The smallest absolute Gasteiger partial charge is 0.147 e. The van der Waals surface area contributed by atoms with Gasteiger partial charge in [0.25, 0.3) is 0 Å². The van der Waals surface area contributed by atoms with Crippen molar-refractivity contribution in [3.63, 3.8) is 0 Å². The first-order valence-corrected chi connectivity index (χ1v) is 12.2. The first-order chi connectivity index (χ1) is 12.3. The number of ketones is 1. The van der Waals surface area contributed by atoms with Gasteiger partial charge in [0.1, 0.15) is 5.78 Å². The average Bonchev–Trinajstić information content (AvgIpc) is 2.97. The predicted octanol–water partition coefficient (Wildman–Crippen LogP) is 6.39. The minimum absolute atomic E-state index is 0. The lowest BCUT2D eigenvalue weighted by Gasteiger charge is -2.63. The molecule has 0 spiro atoms. The molecule has 0 bridgehead atoms. The summed E-state index contributed by atoms with van der Waals surface area (Å²) in [5.74, 6) is 3.85. The summed E-state index contributed by atoms with van der Waals surface area (Å²) < 4.78 is 0. The van der Waals surface area contributed by atoms with Gasteiger partial charge in [-0.05, 0) is 106 Å². The zero-order chi connectivity index (χ0) is 18.7. The molecule has 27 heavy (non-hydrogen) atoms. The van der Waals surface area contributed by atoms with Crippen molar-refractivity contribution < 1.29 is 9.90 Å². The van der Waals surface area contributed by atoms with Gasteiger partial charge in [0.15, 0.2) is 0 Å². The number of rotatable bonds is 3. The van der Waals surface area contributed by atoms with E-state index in [9.17, 15) is 9.90 Å². The third-order valence-corrected chi connectivity index (χ3v) is 10.4. The zero-order valence-electron chi connectivity index (χ0n) is 16.9. The Hall–Kier alpha value is 0.110. The number of halogens is 1. The van der Waals surface area contributed by atoms with Gasteiger partial charge in [-0.15, -0.1) is 0 Å². The van der Waals surface area contributed by atoms with Crippen molar-refractivity contribution >= 4 is 21.7 Å². The molecule has 0 saturated heterocycles. The van der Waals surface area contributed by atoms with Gasteiger partial charge in [-0.2, -0.15) is 0 Å². The van der Waals surface area contributed by atoms with Crippen LogP contribution in [-0.2, 0) is 4.79 Å². The molecule has 8 atom stereocenters. The van der Waals surface area contributed by atoms with Gasteiger partial charge in [-0.25, -0.2) is 0 Å². The fraction of sp³-hybridized carbons (Fsp3) is 0.958. The van der Waals surface area contributed by atoms with E-state index in [1.807, 2.05) is 0 Å². The number of fused-ring (bicyclic) bond motifs is 5. The molecule has 0 aliphatic heterocycles. The van der Waals surface area contributed by atoms with Crippen molar-refractivity contribution in [2.24, 2.45) is 40.4 Å². The maximum absolute atomic E-state index is 12.6. The van der Waals surface area contributed by atoms with Crippen molar-refractivity contribution in [3.05, 3.63) is 0 Å². The van der Waals surface area contributed by atoms with Crippen LogP contribution in [0.25, 0.3) is 0 Å². The van der Waals surface area contributed by atoms with E-state index in [4.69, 9.17) is 0 Å². The van der Waals surface area contributed by atoms with E-state index in [1.54, 1.807) is 0 Å². The van der Waals surface area contributed by atoms with Crippen LogP contribution in [0.2, 0.25) is 0 Å². The molecule has 1 N–H and O–H groups in total. The number of carbonyl (C=O) groups excluding carboxylic acids is 1. The van der Waals surface area contributed by atoms with E-state index in [2.05, 4.69) is 36.7 Å². The van der Waals surface area contributed by atoms with Gasteiger partial charge in [-0.1, -0.05) is 37.2 Å². The van der Waals surface area contributed by atoms with Gasteiger partial charge < -0.3 is 5.11 Å². The minimum Gasteiger partial charge on any atom is -0.390 e. The van der Waals surface area contributed by atoms with E-state index >= 15 is 0 Å². The Bertz CT molecular complexity index is 573. The van der Waals surface area contributed by atoms with Crippen LogP contribution in [0, 0.1) is 40.4 Å². The Kier molecular flexibility index (Phi) is 5.99. The highest BCUT2D eigenvalue weighted by molar-refractivity contribution is 9.09. The topological polar surface area (TPSA) is 37.3 Å². The molecule has 0 unspecified atom stereocenters. The summed E-state index contributed by atoms with van der Waals surface area (Å²) in [6.45, 7) is 6.92. The van der Waals surface area contributed by atoms with Crippen LogP contribution in [0.4, 0.5) is 0 Å². The first-order valence-electron chi connectivity index (χ1n) is 11.1. The first kappa shape index (κ1) is 21.8. The van der Waals surface area contributed by atoms with E-state index in [0.29, 0.717) is 22.4 Å². The quantitative estimate of drug-likeness (QED) is 0.516. The lowest BCUT2D eigenvalue weighted by atomic mass is 9.42. The molecular formula is C24H41BrO2. The molecule has 4 rings (SSSR count). The molecule has 4 aliphatic rings. The van der Waals surface area contributed by atoms with E-state index in [1.165, 1.54) is 44.9 Å².